The van der Waals surface area contributed by atoms with Gasteiger partial charge in [0, 0.05) is 32.7 Å². The molecule has 1 N–H and O–H groups in total. The van der Waals surface area contributed by atoms with Gasteiger partial charge in [0.2, 0.25) is 0 Å². The summed E-state index contributed by atoms with van der Waals surface area (Å²) in [4.78, 5) is 9.36. The van der Waals surface area contributed by atoms with E-state index in [2.05, 4.69) is 57.5 Å². The van der Waals surface area contributed by atoms with Gasteiger partial charge < -0.3 is 10.2 Å². The summed E-state index contributed by atoms with van der Waals surface area (Å²) in [6.45, 7) is 5.26. The Morgan fingerprint density at radius 2 is 2.00 bits per heavy atom. The summed E-state index contributed by atoms with van der Waals surface area (Å²) in [5, 5.41) is 3.55. The molecule has 0 spiro atoms. The smallest absolute Gasteiger partial charge is 0.193 e. The first kappa shape index (κ1) is 17.5. The Morgan fingerprint density at radius 1 is 1.18 bits per heavy atom. The van der Waals surface area contributed by atoms with Gasteiger partial charge in [0.15, 0.2) is 5.96 Å². The molecule has 0 bridgehead atoms. The number of aliphatic imine (C=N–C) groups is 1. The molecule has 1 aromatic rings. The van der Waals surface area contributed by atoms with Crippen LogP contribution in [0.2, 0.25) is 0 Å². The van der Waals surface area contributed by atoms with E-state index in [1.165, 1.54) is 31.4 Å². The van der Waals surface area contributed by atoms with Gasteiger partial charge in [0.25, 0.3) is 0 Å². The number of hydrogen-bond acceptors (Lipinski definition) is 4. The number of piperidine rings is 1. The fourth-order valence-electron chi connectivity index (χ4n) is 3.25. The van der Waals surface area contributed by atoms with Crippen LogP contribution in [0.15, 0.2) is 35.3 Å². The molecule has 3 rings (SSSR count). The normalized spacial score (nSPS) is 22.1. The summed E-state index contributed by atoms with van der Waals surface area (Å²) in [5.74, 6) is 1.07. The summed E-state index contributed by atoms with van der Waals surface area (Å²) < 4.78 is 0. The van der Waals surface area contributed by atoms with E-state index >= 15 is 0 Å². The van der Waals surface area contributed by atoms with E-state index in [-0.39, 0.29) is 24.0 Å². The SMILES string of the molecule is CN1CCN=C1NCC1CCCCN1Cc1ccccc1.I. The van der Waals surface area contributed by atoms with Crippen LogP contribution in [0.5, 0.6) is 0 Å². The fraction of sp³-hybridized carbons (Fsp3) is 0.588. The number of guanidine groups is 1. The lowest BCUT2D eigenvalue weighted by atomic mass is 10.0. The van der Waals surface area contributed by atoms with Crippen LogP contribution >= 0.6 is 24.0 Å². The van der Waals surface area contributed by atoms with E-state index in [1.54, 1.807) is 0 Å². The molecule has 22 heavy (non-hydrogen) atoms. The first-order valence-corrected chi connectivity index (χ1v) is 8.10. The Labute approximate surface area is 151 Å². The van der Waals surface area contributed by atoms with Crippen LogP contribution < -0.4 is 5.32 Å². The summed E-state index contributed by atoms with van der Waals surface area (Å²) in [5.41, 5.74) is 1.42. The largest absolute Gasteiger partial charge is 0.355 e. The van der Waals surface area contributed by atoms with E-state index in [1.807, 2.05) is 0 Å². The monoisotopic (exact) mass is 414 g/mol. The Bertz CT molecular complexity index is 477. The van der Waals surface area contributed by atoms with Crippen LogP contribution in [-0.4, -0.2) is 55.0 Å². The molecule has 2 aliphatic rings. The Morgan fingerprint density at radius 3 is 2.73 bits per heavy atom. The molecule has 0 radical (unpaired) electrons. The molecule has 2 aliphatic heterocycles. The lowest BCUT2D eigenvalue weighted by molar-refractivity contribution is 0.141. The zero-order valence-corrected chi connectivity index (χ0v) is 15.7. The van der Waals surface area contributed by atoms with Crippen molar-refractivity contribution in [3.63, 3.8) is 0 Å². The third-order valence-corrected chi connectivity index (χ3v) is 4.53. The molecule has 122 valence electrons. The third-order valence-electron chi connectivity index (χ3n) is 4.53. The molecule has 1 saturated heterocycles. The predicted molar refractivity (Wildman–Crippen MR) is 103 cm³/mol. The van der Waals surface area contributed by atoms with Gasteiger partial charge in [-0.2, -0.15) is 0 Å². The number of nitrogens with zero attached hydrogens (tertiary/aromatic N) is 3. The number of hydrogen-bond donors (Lipinski definition) is 1. The van der Waals surface area contributed by atoms with Crippen molar-refractivity contribution in [2.45, 2.75) is 31.8 Å². The first-order chi connectivity index (χ1) is 10.3. The quantitative estimate of drug-likeness (QED) is 0.769. The average Bonchev–Trinajstić information content (AvgIpc) is 2.93. The molecule has 1 atom stereocenters. The second kappa shape index (κ2) is 8.72. The predicted octanol–water partition coefficient (Wildman–Crippen LogP) is 2.55. The summed E-state index contributed by atoms with van der Waals surface area (Å²) in [7, 11) is 2.11. The molecule has 1 aromatic carbocycles. The highest BCUT2D eigenvalue weighted by molar-refractivity contribution is 14.0. The van der Waals surface area contributed by atoms with Crippen molar-refractivity contribution in [1.29, 1.82) is 0 Å². The minimum Gasteiger partial charge on any atom is -0.355 e. The molecule has 0 aromatic heterocycles. The second-order valence-electron chi connectivity index (χ2n) is 6.11. The summed E-state index contributed by atoms with van der Waals surface area (Å²) in [6.07, 6.45) is 3.96. The maximum absolute atomic E-state index is 4.52. The van der Waals surface area contributed by atoms with E-state index < -0.39 is 0 Å². The van der Waals surface area contributed by atoms with Gasteiger partial charge in [-0.1, -0.05) is 36.8 Å². The van der Waals surface area contributed by atoms with Gasteiger partial charge in [0.1, 0.15) is 0 Å². The molecule has 1 fully saturated rings. The van der Waals surface area contributed by atoms with Crippen molar-refractivity contribution >= 4 is 29.9 Å². The van der Waals surface area contributed by atoms with Crippen molar-refractivity contribution < 1.29 is 0 Å². The number of halogens is 1. The summed E-state index contributed by atoms with van der Waals surface area (Å²) >= 11 is 0. The average molecular weight is 414 g/mol. The van der Waals surface area contributed by atoms with Gasteiger partial charge in [-0.25, -0.2) is 0 Å². The lowest BCUT2D eigenvalue weighted by Gasteiger charge is -2.36. The maximum atomic E-state index is 4.52. The number of nitrogens with one attached hydrogen (secondary N) is 1. The van der Waals surface area contributed by atoms with E-state index in [0.29, 0.717) is 6.04 Å². The van der Waals surface area contributed by atoms with Crippen LogP contribution in [0, 0.1) is 0 Å². The van der Waals surface area contributed by atoms with E-state index in [9.17, 15) is 0 Å². The van der Waals surface area contributed by atoms with Crippen molar-refractivity contribution in [3.05, 3.63) is 35.9 Å². The highest BCUT2D eigenvalue weighted by Crippen LogP contribution is 2.19. The lowest BCUT2D eigenvalue weighted by Crippen LogP contribution is -2.48. The highest BCUT2D eigenvalue weighted by atomic mass is 127. The molecule has 0 aliphatic carbocycles. The van der Waals surface area contributed by atoms with Gasteiger partial charge in [-0.3, -0.25) is 9.89 Å². The van der Waals surface area contributed by atoms with Crippen molar-refractivity contribution in [1.82, 2.24) is 15.1 Å². The second-order valence-corrected chi connectivity index (χ2v) is 6.11. The number of rotatable bonds is 4. The standard InChI is InChI=1S/C17H26N4.HI/c1-20-12-10-18-17(20)19-13-16-9-5-6-11-21(16)14-15-7-3-2-4-8-15;/h2-4,7-8,16H,5-6,9-14H2,1H3,(H,18,19);1H. The molecular formula is C17H27IN4. The Kier molecular flexibility index (Phi) is 6.95. The number of likely N-dealkylation sites (tertiary alicyclic amines) is 1. The van der Waals surface area contributed by atoms with E-state index in [4.69, 9.17) is 0 Å². The van der Waals surface area contributed by atoms with Gasteiger partial charge in [-0.15, -0.1) is 24.0 Å². The van der Waals surface area contributed by atoms with Crippen molar-refractivity contribution in [2.24, 2.45) is 4.99 Å². The van der Waals surface area contributed by atoms with Crippen LogP contribution in [-0.2, 0) is 6.54 Å². The number of likely N-dealkylation sites (N-methyl/N-ethyl adjacent to an activating group) is 1. The van der Waals surface area contributed by atoms with Crippen LogP contribution in [0.25, 0.3) is 0 Å². The van der Waals surface area contributed by atoms with Crippen LogP contribution in [0.3, 0.4) is 0 Å². The zero-order chi connectivity index (χ0) is 14.5. The van der Waals surface area contributed by atoms with Crippen molar-refractivity contribution in [2.75, 3.05) is 33.2 Å². The minimum atomic E-state index is 0. The highest BCUT2D eigenvalue weighted by Gasteiger charge is 2.23. The van der Waals surface area contributed by atoms with Crippen LogP contribution in [0.4, 0.5) is 0 Å². The zero-order valence-electron chi connectivity index (χ0n) is 13.4. The molecule has 4 nitrogen and oxygen atoms in total. The molecule has 1 unspecified atom stereocenters. The fourth-order valence-corrected chi connectivity index (χ4v) is 3.25. The molecule has 0 amide bonds. The molecule has 2 heterocycles. The first-order valence-electron chi connectivity index (χ1n) is 8.10. The minimum absolute atomic E-state index is 0. The molecule has 0 saturated carbocycles. The summed E-state index contributed by atoms with van der Waals surface area (Å²) in [6, 6.07) is 11.4. The Hall–Kier alpha value is -0.820. The van der Waals surface area contributed by atoms with Crippen molar-refractivity contribution in [3.8, 4) is 0 Å². The number of benzene rings is 1. The van der Waals surface area contributed by atoms with Gasteiger partial charge in [0.05, 0.1) is 6.54 Å². The van der Waals surface area contributed by atoms with E-state index in [0.717, 1.165) is 32.1 Å². The molecular weight excluding hydrogens is 387 g/mol. The van der Waals surface area contributed by atoms with Gasteiger partial charge >= 0.3 is 0 Å². The Balaban J connectivity index is 0.00000176. The van der Waals surface area contributed by atoms with Crippen LogP contribution in [0.1, 0.15) is 24.8 Å². The topological polar surface area (TPSA) is 30.9 Å². The maximum Gasteiger partial charge on any atom is 0.193 e. The third kappa shape index (κ3) is 4.59. The van der Waals surface area contributed by atoms with Gasteiger partial charge in [-0.05, 0) is 24.9 Å². The molecule has 5 heteroatoms.